The van der Waals surface area contributed by atoms with E-state index in [1.54, 1.807) is 13.0 Å². The molecule has 1 aromatic heterocycles. The highest BCUT2D eigenvalue weighted by Crippen LogP contribution is 2.30. The molecule has 0 saturated carbocycles. The lowest BCUT2D eigenvalue weighted by Crippen LogP contribution is -2.37. The number of amides is 1. The first-order valence-electron chi connectivity index (χ1n) is 8.92. The van der Waals surface area contributed by atoms with Crippen molar-refractivity contribution in [2.24, 2.45) is 0 Å². The van der Waals surface area contributed by atoms with Gasteiger partial charge in [-0.15, -0.1) is 0 Å². The van der Waals surface area contributed by atoms with E-state index in [-0.39, 0.29) is 24.2 Å². The van der Waals surface area contributed by atoms with E-state index >= 15 is 0 Å². The van der Waals surface area contributed by atoms with Gasteiger partial charge in [0.1, 0.15) is 17.4 Å². The van der Waals surface area contributed by atoms with Crippen molar-refractivity contribution in [3.8, 4) is 5.75 Å². The van der Waals surface area contributed by atoms with Gasteiger partial charge in [0.15, 0.2) is 12.4 Å². The lowest BCUT2D eigenvalue weighted by molar-refractivity contribution is -0.139. The average molecular weight is 375 g/mol. The lowest BCUT2D eigenvalue weighted by Gasteiger charge is -2.17. The number of nitrogens with one attached hydrogen (secondary N) is 1. The molecule has 1 aliphatic heterocycles. The third-order valence-electron chi connectivity index (χ3n) is 4.61. The predicted octanol–water partition coefficient (Wildman–Crippen LogP) is 2.36. The SMILES string of the molecule is Cc1cc(OCC(=O)NCC2COC(C)(C)O2)c2c(C)c(C)c(=O)oc2c1. The largest absolute Gasteiger partial charge is 0.483 e. The zero-order valence-corrected chi connectivity index (χ0v) is 16.3. The second-order valence-corrected chi connectivity index (χ2v) is 7.32. The van der Waals surface area contributed by atoms with Crippen molar-refractivity contribution in [2.75, 3.05) is 19.8 Å². The molecule has 7 nitrogen and oxygen atoms in total. The molecule has 2 aromatic rings. The summed E-state index contributed by atoms with van der Waals surface area (Å²) >= 11 is 0. The van der Waals surface area contributed by atoms with Crippen molar-refractivity contribution >= 4 is 16.9 Å². The minimum atomic E-state index is -0.619. The van der Waals surface area contributed by atoms with Crippen LogP contribution in [0.15, 0.2) is 21.3 Å². The van der Waals surface area contributed by atoms with Crippen molar-refractivity contribution in [2.45, 2.75) is 46.5 Å². The van der Waals surface area contributed by atoms with Gasteiger partial charge in [0.2, 0.25) is 0 Å². The molecule has 1 fully saturated rings. The van der Waals surface area contributed by atoms with Crippen LogP contribution in [0, 0.1) is 20.8 Å². The number of benzene rings is 1. The summed E-state index contributed by atoms with van der Waals surface area (Å²) in [6.45, 7) is 9.75. The Morgan fingerprint density at radius 2 is 2.00 bits per heavy atom. The highest BCUT2D eigenvalue weighted by atomic mass is 16.7. The molecule has 2 heterocycles. The average Bonchev–Trinajstić information content (AvgIpc) is 2.94. The summed E-state index contributed by atoms with van der Waals surface area (Å²) in [5.74, 6) is -0.359. The van der Waals surface area contributed by atoms with Crippen LogP contribution in [0.4, 0.5) is 0 Å². The van der Waals surface area contributed by atoms with Crippen LogP contribution in [-0.4, -0.2) is 37.6 Å². The van der Waals surface area contributed by atoms with Crippen LogP contribution in [-0.2, 0) is 14.3 Å². The van der Waals surface area contributed by atoms with Gasteiger partial charge < -0.3 is 23.9 Å². The Hall–Kier alpha value is -2.38. The third-order valence-corrected chi connectivity index (χ3v) is 4.61. The Kier molecular flexibility index (Phi) is 5.26. The van der Waals surface area contributed by atoms with E-state index in [0.29, 0.717) is 35.4 Å². The zero-order chi connectivity index (χ0) is 19.8. The molecule has 1 aromatic carbocycles. The van der Waals surface area contributed by atoms with Crippen LogP contribution in [0.2, 0.25) is 0 Å². The number of rotatable bonds is 5. The standard InChI is InChI=1S/C20H25NO6/c1-11-6-15(18-12(2)13(3)19(23)26-16(18)7-11)24-10-17(22)21-8-14-9-25-20(4,5)27-14/h6-7,14H,8-10H2,1-5H3,(H,21,22). The first-order chi connectivity index (χ1) is 12.7. The summed E-state index contributed by atoms with van der Waals surface area (Å²) in [7, 11) is 0. The highest BCUT2D eigenvalue weighted by Gasteiger charge is 2.32. The van der Waals surface area contributed by atoms with Gasteiger partial charge >= 0.3 is 5.63 Å². The molecular formula is C20H25NO6. The number of fused-ring (bicyclic) bond motifs is 1. The Balaban J connectivity index is 1.69. The molecule has 1 aliphatic rings. The number of hydrogen-bond acceptors (Lipinski definition) is 6. The second-order valence-electron chi connectivity index (χ2n) is 7.32. The van der Waals surface area contributed by atoms with E-state index in [4.69, 9.17) is 18.6 Å². The highest BCUT2D eigenvalue weighted by molar-refractivity contribution is 5.88. The molecule has 0 bridgehead atoms. The molecule has 1 atom stereocenters. The fourth-order valence-electron chi connectivity index (χ4n) is 3.09. The minimum absolute atomic E-state index is 0.146. The fraction of sp³-hybridized carbons (Fsp3) is 0.500. The van der Waals surface area contributed by atoms with E-state index in [2.05, 4.69) is 5.32 Å². The van der Waals surface area contributed by atoms with Gasteiger partial charge in [0, 0.05) is 12.1 Å². The summed E-state index contributed by atoms with van der Waals surface area (Å²) < 4.78 is 22.2. The molecule has 146 valence electrons. The fourth-order valence-corrected chi connectivity index (χ4v) is 3.09. The van der Waals surface area contributed by atoms with Gasteiger partial charge in [-0.25, -0.2) is 4.79 Å². The van der Waals surface area contributed by atoms with E-state index in [1.807, 2.05) is 33.8 Å². The maximum Gasteiger partial charge on any atom is 0.339 e. The summed E-state index contributed by atoms with van der Waals surface area (Å²) in [6, 6.07) is 3.62. The maximum atomic E-state index is 12.2. The predicted molar refractivity (Wildman–Crippen MR) is 100 cm³/mol. The molecule has 27 heavy (non-hydrogen) atoms. The normalized spacial score (nSPS) is 18.6. The third kappa shape index (κ3) is 4.31. The molecule has 3 rings (SSSR count). The van der Waals surface area contributed by atoms with Crippen LogP contribution >= 0.6 is 0 Å². The van der Waals surface area contributed by atoms with Crippen molar-refractivity contribution < 1.29 is 23.4 Å². The van der Waals surface area contributed by atoms with Crippen molar-refractivity contribution in [3.05, 3.63) is 39.2 Å². The van der Waals surface area contributed by atoms with Gasteiger partial charge in [0.05, 0.1) is 12.0 Å². The number of aryl methyl sites for hydroxylation is 2. The van der Waals surface area contributed by atoms with Gasteiger partial charge in [-0.05, 0) is 57.9 Å². The van der Waals surface area contributed by atoms with Crippen LogP contribution in [0.3, 0.4) is 0 Å². The Labute approximate surface area is 157 Å². The molecule has 1 saturated heterocycles. The van der Waals surface area contributed by atoms with Gasteiger partial charge in [0.25, 0.3) is 5.91 Å². The second kappa shape index (κ2) is 7.32. The molecular weight excluding hydrogens is 350 g/mol. The molecule has 1 N–H and O–H groups in total. The van der Waals surface area contributed by atoms with Crippen LogP contribution in [0.5, 0.6) is 5.75 Å². The minimum Gasteiger partial charge on any atom is -0.483 e. The van der Waals surface area contributed by atoms with Crippen LogP contribution in [0.1, 0.15) is 30.5 Å². The van der Waals surface area contributed by atoms with Crippen LogP contribution in [0.25, 0.3) is 11.0 Å². The first-order valence-corrected chi connectivity index (χ1v) is 8.92. The molecule has 7 heteroatoms. The first kappa shape index (κ1) is 19.4. The Morgan fingerprint density at radius 1 is 1.26 bits per heavy atom. The molecule has 1 amide bonds. The number of carbonyl (C=O) groups excluding carboxylic acids is 1. The van der Waals surface area contributed by atoms with Crippen molar-refractivity contribution in [1.29, 1.82) is 0 Å². The number of hydrogen-bond donors (Lipinski definition) is 1. The van der Waals surface area contributed by atoms with Gasteiger partial charge in [-0.1, -0.05) is 0 Å². The van der Waals surface area contributed by atoms with Crippen LogP contribution < -0.4 is 15.7 Å². The number of ether oxygens (including phenoxy) is 3. The van der Waals surface area contributed by atoms with Crippen molar-refractivity contribution in [3.63, 3.8) is 0 Å². The molecule has 1 unspecified atom stereocenters. The van der Waals surface area contributed by atoms with E-state index in [0.717, 1.165) is 11.1 Å². The molecule has 0 radical (unpaired) electrons. The Bertz CT molecular complexity index is 930. The molecule has 0 aliphatic carbocycles. The van der Waals surface area contributed by atoms with E-state index in [9.17, 15) is 9.59 Å². The topological polar surface area (TPSA) is 87.0 Å². The zero-order valence-electron chi connectivity index (χ0n) is 16.3. The summed E-state index contributed by atoms with van der Waals surface area (Å²) in [6.07, 6.45) is -0.178. The van der Waals surface area contributed by atoms with E-state index in [1.165, 1.54) is 0 Å². The Morgan fingerprint density at radius 3 is 2.67 bits per heavy atom. The van der Waals surface area contributed by atoms with Gasteiger partial charge in [-0.3, -0.25) is 4.79 Å². The summed E-state index contributed by atoms with van der Waals surface area (Å²) in [5.41, 5.74) is 2.29. The van der Waals surface area contributed by atoms with Gasteiger partial charge in [-0.2, -0.15) is 0 Å². The summed E-state index contributed by atoms with van der Waals surface area (Å²) in [5, 5.41) is 3.50. The maximum absolute atomic E-state index is 12.2. The number of carbonyl (C=O) groups is 1. The summed E-state index contributed by atoms with van der Waals surface area (Å²) in [4.78, 5) is 24.1. The van der Waals surface area contributed by atoms with Crippen molar-refractivity contribution in [1.82, 2.24) is 5.32 Å². The lowest BCUT2D eigenvalue weighted by atomic mass is 10.0. The monoisotopic (exact) mass is 375 g/mol. The van der Waals surface area contributed by atoms with E-state index < -0.39 is 5.79 Å². The smallest absolute Gasteiger partial charge is 0.339 e. The quantitative estimate of drug-likeness (QED) is 0.808. The molecule has 0 spiro atoms.